The van der Waals surface area contributed by atoms with Crippen LogP contribution in [0.15, 0.2) is 30.4 Å². The highest BCUT2D eigenvalue weighted by Gasteiger charge is 2.40. The van der Waals surface area contributed by atoms with Gasteiger partial charge in [0, 0.05) is 17.8 Å². The number of allylic oxidation sites excluding steroid dienone is 1. The van der Waals surface area contributed by atoms with Gasteiger partial charge in [0.2, 0.25) is 5.91 Å². The second-order valence-electron chi connectivity index (χ2n) is 5.40. The van der Waals surface area contributed by atoms with Crippen LogP contribution in [0.4, 0.5) is 14.5 Å². The molecule has 0 aliphatic heterocycles. The fraction of sp³-hybridized carbons (Fsp3) is 0.400. The average Bonchev–Trinajstić information content (AvgIpc) is 2.76. The first-order valence-electron chi connectivity index (χ1n) is 6.78. The smallest absolute Gasteiger partial charge is 0.238 e. The van der Waals surface area contributed by atoms with Crippen LogP contribution in [-0.4, -0.2) is 18.5 Å². The molecule has 0 unspecified atom stereocenters. The SMILES string of the molecule is O=C(CN[C@@H]1C[C@H]2CC=C[C@@H]21)Nc1ccc(F)c(F)c1. The number of anilines is 1. The molecule has 0 radical (unpaired) electrons. The lowest BCUT2D eigenvalue weighted by Crippen LogP contribution is -2.50. The molecule has 0 spiro atoms. The molecule has 20 heavy (non-hydrogen) atoms. The molecule has 0 bridgehead atoms. The van der Waals surface area contributed by atoms with Crippen molar-refractivity contribution in [3.63, 3.8) is 0 Å². The second kappa shape index (κ2) is 5.32. The predicted octanol–water partition coefficient (Wildman–Crippen LogP) is 2.46. The Labute approximate surface area is 116 Å². The average molecular weight is 278 g/mol. The Morgan fingerprint density at radius 2 is 2.15 bits per heavy atom. The van der Waals surface area contributed by atoms with E-state index in [-0.39, 0.29) is 18.1 Å². The quantitative estimate of drug-likeness (QED) is 0.831. The number of halogens is 2. The maximum absolute atomic E-state index is 13.0. The Hall–Kier alpha value is -1.75. The monoisotopic (exact) mass is 278 g/mol. The normalized spacial score (nSPS) is 27.0. The molecule has 3 atom stereocenters. The molecule has 1 amide bonds. The first kappa shape index (κ1) is 13.2. The van der Waals surface area contributed by atoms with Crippen LogP contribution in [0.5, 0.6) is 0 Å². The zero-order valence-electron chi connectivity index (χ0n) is 10.9. The van der Waals surface area contributed by atoms with Crippen molar-refractivity contribution in [2.24, 2.45) is 11.8 Å². The van der Waals surface area contributed by atoms with Gasteiger partial charge in [0.05, 0.1) is 6.54 Å². The summed E-state index contributed by atoms with van der Waals surface area (Å²) in [4.78, 5) is 11.7. The number of benzene rings is 1. The van der Waals surface area contributed by atoms with Crippen LogP contribution in [0.2, 0.25) is 0 Å². The number of nitrogens with one attached hydrogen (secondary N) is 2. The number of fused-ring (bicyclic) bond motifs is 1. The molecule has 2 aliphatic rings. The third-order valence-electron chi connectivity index (χ3n) is 4.09. The van der Waals surface area contributed by atoms with Crippen LogP contribution in [0, 0.1) is 23.5 Å². The Balaban J connectivity index is 1.47. The van der Waals surface area contributed by atoms with Crippen LogP contribution in [0.1, 0.15) is 12.8 Å². The Morgan fingerprint density at radius 3 is 2.90 bits per heavy atom. The van der Waals surface area contributed by atoms with Crippen molar-refractivity contribution in [3.8, 4) is 0 Å². The summed E-state index contributed by atoms with van der Waals surface area (Å²) in [6, 6.07) is 3.68. The van der Waals surface area contributed by atoms with Gasteiger partial charge in [-0.2, -0.15) is 0 Å². The Bertz CT molecular complexity index is 559. The lowest BCUT2D eigenvalue weighted by Gasteiger charge is -2.40. The molecule has 0 saturated heterocycles. The summed E-state index contributed by atoms with van der Waals surface area (Å²) in [6.45, 7) is 0.181. The number of carbonyl (C=O) groups is 1. The number of amides is 1. The summed E-state index contributed by atoms with van der Waals surface area (Å²) in [7, 11) is 0. The lowest BCUT2D eigenvalue weighted by molar-refractivity contribution is -0.115. The van der Waals surface area contributed by atoms with Crippen LogP contribution in [0.3, 0.4) is 0 Å². The van der Waals surface area contributed by atoms with E-state index in [1.54, 1.807) is 0 Å². The number of carbonyl (C=O) groups excluding carboxylic acids is 1. The van der Waals surface area contributed by atoms with E-state index in [0.717, 1.165) is 30.9 Å². The van der Waals surface area contributed by atoms with E-state index in [4.69, 9.17) is 0 Å². The van der Waals surface area contributed by atoms with Crippen molar-refractivity contribution in [1.29, 1.82) is 0 Å². The number of hydrogen-bond donors (Lipinski definition) is 2. The van der Waals surface area contributed by atoms with Crippen molar-refractivity contribution in [2.45, 2.75) is 18.9 Å². The number of hydrogen-bond acceptors (Lipinski definition) is 2. The summed E-state index contributed by atoms with van der Waals surface area (Å²) in [6.07, 6.45) is 6.64. The van der Waals surface area contributed by atoms with Crippen LogP contribution in [-0.2, 0) is 4.79 Å². The van der Waals surface area contributed by atoms with E-state index in [0.29, 0.717) is 12.0 Å². The van der Waals surface area contributed by atoms with Gasteiger partial charge in [0.25, 0.3) is 0 Å². The van der Waals surface area contributed by atoms with E-state index >= 15 is 0 Å². The minimum Gasteiger partial charge on any atom is -0.325 e. The van der Waals surface area contributed by atoms with Crippen LogP contribution in [0.25, 0.3) is 0 Å². The molecule has 1 aromatic rings. The Kier molecular flexibility index (Phi) is 3.53. The van der Waals surface area contributed by atoms with Gasteiger partial charge in [-0.05, 0) is 36.8 Å². The highest BCUT2D eigenvalue weighted by molar-refractivity contribution is 5.92. The summed E-state index contributed by atoms with van der Waals surface area (Å²) in [5, 5.41) is 5.75. The summed E-state index contributed by atoms with van der Waals surface area (Å²) in [5.41, 5.74) is 0.267. The molecule has 1 fully saturated rings. The molecular weight excluding hydrogens is 262 g/mol. The molecule has 2 N–H and O–H groups in total. The van der Waals surface area contributed by atoms with Gasteiger partial charge < -0.3 is 10.6 Å². The molecule has 1 aromatic carbocycles. The molecule has 3 nitrogen and oxygen atoms in total. The van der Waals surface area contributed by atoms with E-state index in [1.807, 2.05) is 0 Å². The summed E-state index contributed by atoms with van der Waals surface area (Å²) < 4.78 is 25.8. The van der Waals surface area contributed by atoms with Gasteiger partial charge in [0.1, 0.15) is 0 Å². The van der Waals surface area contributed by atoms with E-state index in [9.17, 15) is 13.6 Å². The van der Waals surface area contributed by atoms with Crippen molar-refractivity contribution in [1.82, 2.24) is 5.32 Å². The zero-order valence-corrected chi connectivity index (χ0v) is 10.9. The molecule has 106 valence electrons. The molecule has 0 aromatic heterocycles. The predicted molar refractivity (Wildman–Crippen MR) is 72.1 cm³/mol. The minimum absolute atomic E-state index is 0.181. The molecular formula is C15H16F2N2O. The summed E-state index contributed by atoms with van der Waals surface area (Å²) >= 11 is 0. The van der Waals surface area contributed by atoms with Crippen molar-refractivity contribution in [3.05, 3.63) is 42.0 Å². The van der Waals surface area contributed by atoms with Gasteiger partial charge >= 0.3 is 0 Å². The molecule has 5 heteroatoms. The van der Waals surface area contributed by atoms with Gasteiger partial charge in [0.15, 0.2) is 11.6 Å². The van der Waals surface area contributed by atoms with Gasteiger partial charge in [-0.1, -0.05) is 12.2 Å². The van der Waals surface area contributed by atoms with Gasteiger partial charge in [-0.3, -0.25) is 4.79 Å². The minimum atomic E-state index is -0.964. The maximum atomic E-state index is 13.0. The van der Waals surface area contributed by atoms with Gasteiger partial charge in [-0.15, -0.1) is 0 Å². The standard InChI is InChI=1S/C15H16F2N2O/c16-12-5-4-10(7-13(12)17)19-15(20)8-18-14-6-9-2-1-3-11(9)14/h1,3-5,7,9,11,14,18H,2,6,8H2,(H,19,20)/t9-,11+,14-/m1/s1. The zero-order chi connectivity index (χ0) is 14.1. The molecule has 3 rings (SSSR count). The maximum Gasteiger partial charge on any atom is 0.238 e. The third-order valence-corrected chi connectivity index (χ3v) is 4.09. The van der Waals surface area contributed by atoms with E-state index in [2.05, 4.69) is 22.8 Å². The van der Waals surface area contributed by atoms with E-state index < -0.39 is 11.6 Å². The van der Waals surface area contributed by atoms with Crippen molar-refractivity contribution < 1.29 is 13.6 Å². The second-order valence-corrected chi connectivity index (χ2v) is 5.40. The molecule has 2 aliphatic carbocycles. The topological polar surface area (TPSA) is 41.1 Å². The first-order chi connectivity index (χ1) is 9.63. The lowest BCUT2D eigenvalue weighted by atomic mass is 9.71. The highest BCUT2D eigenvalue weighted by atomic mass is 19.2. The van der Waals surface area contributed by atoms with Crippen molar-refractivity contribution >= 4 is 11.6 Å². The molecule has 1 saturated carbocycles. The Morgan fingerprint density at radius 1 is 1.30 bits per heavy atom. The van der Waals surface area contributed by atoms with Gasteiger partial charge in [-0.25, -0.2) is 8.78 Å². The first-order valence-corrected chi connectivity index (χ1v) is 6.78. The van der Waals surface area contributed by atoms with Crippen LogP contribution >= 0.6 is 0 Å². The largest absolute Gasteiger partial charge is 0.325 e. The third kappa shape index (κ3) is 2.58. The van der Waals surface area contributed by atoms with E-state index in [1.165, 1.54) is 6.07 Å². The molecule has 0 heterocycles. The fourth-order valence-corrected chi connectivity index (χ4v) is 2.95. The summed E-state index contributed by atoms with van der Waals surface area (Å²) in [5.74, 6) is -0.849. The van der Waals surface area contributed by atoms with Crippen LogP contribution < -0.4 is 10.6 Å². The fourth-order valence-electron chi connectivity index (χ4n) is 2.95. The van der Waals surface area contributed by atoms with Crippen molar-refractivity contribution in [2.75, 3.05) is 11.9 Å². The number of rotatable bonds is 4. The highest BCUT2D eigenvalue weighted by Crippen LogP contribution is 2.42.